The molecule has 1 aromatic heterocycles. The monoisotopic (exact) mass is 423 g/mol. The highest BCUT2D eigenvalue weighted by atomic mass is 19.1. The van der Waals surface area contributed by atoms with Crippen molar-refractivity contribution in [2.24, 2.45) is 5.41 Å². The topological polar surface area (TPSA) is 58.4 Å². The number of carbonyl (C=O) groups is 1. The van der Waals surface area contributed by atoms with Gasteiger partial charge in [0, 0.05) is 29.8 Å². The third-order valence-corrected chi connectivity index (χ3v) is 6.60. The first kappa shape index (κ1) is 19.7. The summed E-state index contributed by atoms with van der Waals surface area (Å²) in [6.45, 7) is 5.09. The summed E-state index contributed by atoms with van der Waals surface area (Å²) in [6, 6.07) is 10.4. The lowest BCUT2D eigenvalue weighted by molar-refractivity contribution is -0.0743. The molecule has 0 bridgehead atoms. The number of rotatable bonds is 3. The van der Waals surface area contributed by atoms with Crippen LogP contribution in [0.5, 0.6) is 5.75 Å². The van der Waals surface area contributed by atoms with E-state index in [1.54, 1.807) is 11.0 Å². The normalized spacial score (nSPS) is 17.5. The third-order valence-electron chi connectivity index (χ3n) is 6.60. The quantitative estimate of drug-likeness (QED) is 0.668. The average molecular weight is 423 g/mol. The van der Waals surface area contributed by atoms with Gasteiger partial charge in [0.25, 0.3) is 5.91 Å². The molecule has 3 aromatic rings. The maximum absolute atomic E-state index is 14.0. The fourth-order valence-corrected chi connectivity index (χ4v) is 4.98. The summed E-state index contributed by atoms with van der Waals surface area (Å²) in [5.41, 5.74) is 3.51. The summed E-state index contributed by atoms with van der Waals surface area (Å²) in [4.78, 5) is 14.2. The number of aromatic nitrogens is 2. The zero-order valence-corrected chi connectivity index (χ0v) is 17.4. The number of nitrogens with zero attached hydrogens (tertiary/aromatic N) is 3. The number of aromatic hydroxyl groups is 1. The van der Waals surface area contributed by atoms with Crippen molar-refractivity contribution in [2.45, 2.75) is 32.7 Å². The Hall–Kier alpha value is -3.22. The Balaban J connectivity index is 1.26. The fourth-order valence-electron chi connectivity index (χ4n) is 4.98. The van der Waals surface area contributed by atoms with Gasteiger partial charge in [-0.1, -0.05) is 6.07 Å². The molecule has 1 aliphatic carbocycles. The zero-order valence-electron chi connectivity index (χ0n) is 17.4. The molecule has 1 saturated heterocycles. The van der Waals surface area contributed by atoms with Gasteiger partial charge < -0.3 is 10.0 Å². The van der Waals surface area contributed by atoms with Crippen LogP contribution in [-0.4, -0.2) is 38.8 Å². The van der Waals surface area contributed by atoms with Gasteiger partial charge in [0.15, 0.2) is 0 Å². The second-order valence-electron chi connectivity index (χ2n) is 8.96. The van der Waals surface area contributed by atoms with Gasteiger partial charge in [-0.15, -0.1) is 0 Å². The van der Waals surface area contributed by atoms with E-state index < -0.39 is 5.82 Å². The molecule has 1 aliphatic heterocycles. The van der Waals surface area contributed by atoms with Gasteiger partial charge in [-0.25, -0.2) is 8.78 Å². The molecule has 2 heterocycles. The number of halogens is 2. The SMILES string of the molecule is Cc1ccc(F)cc1-c1cc(C)n(C2CC3(C2)CN(C(=O)c2cc(O)ccc2F)C3)n1. The van der Waals surface area contributed by atoms with E-state index >= 15 is 0 Å². The van der Waals surface area contributed by atoms with Gasteiger partial charge in [-0.05, 0) is 68.7 Å². The smallest absolute Gasteiger partial charge is 0.257 e. The fraction of sp³-hybridized carbons (Fsp3) is 0.333. The van der Waals surface area contributed by atoms with E-state index in [0.717, 1.165) is 41.4 Å². The number of carbonyl (C=O) groups excluding carboxylic acids is 1. The Labute approximate surface area is 178 Å². The van der Waals surface area contributed by atoms with Gasteiger partial charge in [0.2, 0.25) is 0 Å². The molecular weight excluding hydrogens is 400 g/mol. The summed E-state index contributed by atoms with van der Waals surface area (Å²) < 4.78 is 29.7. The first-order valence-electron chi connectivity index (χ1n) is 10.4. The number of hydrogen-bond donors (Lipinski definition) is 1. The number of hydrogen-bond acceptors (Lipinski definition) is 3. The van der Waals surface area contributed by atoms with Crippen LogP contribution in [0, 0.1) is 30.9 Å². The minimum absolute atomic E-state index is 0.0426. The van der Waals surface area contributed by atoms with Crippen LogP contribution < -0.4 is 0 Å². The Kier molecular flexibility index (Phi) is 4.39. The number of likely N-dealkylation sites (tertiary alicyclic amines) is 1. The maximum Gasteiger partial charge on any atom is 0.257 e. The highest BCUT2D eigenvalue weighted by Crippen LogP contribution is 2.54. The lowest BCUT2D eigenvalue weighted by Gasteiger charge is -2.59. The van der Waals surface area contributed by atoms with Gasteiger partial charge in [0.1, 0.15) is 17.4 Å². The molecule has 1 saturated carbocycles. The van der Waals surface area contributed by atoms with E-state index in [4.69, 9.17) is 5.10 Å². The molecule has 2 fully saturated rings. The van der Waals surface area contributed by atoms with Crippen molar-refractivity contribution in [3.05, 3.63) is 70.9 Å². The highest BCUT2D eigenvalue weighted by molar-refractivity contribution is 5.95. The summed E-state index contributed by atoms with van der Waals surface area (Å²) in [5.74, 6) is -1.41. The Morgan fingerprint density at radius 2 is 1.84 bits per heavy atom. The molecule has 31 heavy (non-hydrogen) atoms. The maximum atomic E-state index is 14.0. The van der Waals surface area contributed by atoms with Gasteiger partial charge in [-0.3, -0.25) is 9.48 Å². The minimum Gasteiger partial charge on any atom is -0.508 e. The molecule has 0 radical (unpaired) electrons. The third kappa shape index (κ3) is 3.28. The molecular formula is C24H23F2N3O2. The predicted octanol–water partition coefficient (Wildman–Crippen LogP) is 4.63. The number of phenolic OH excluding ortho intramolecular Hbond substituents is 1. The van der Waals surface area contributed by atoms with E-state index in [0.29, 0.717) is 13.1 Å². The van der Waals surface area contributed by atoms with Crippen molar-refractivity contribution in [2.75, 3.05) is 13.1 Å². The van der Waals surface area contributed by atoms with Crippen LogP contribution in [0.25, 0.3) is 11.3 Å². The molecule has 5 rings (SSSR count). The lowest BCUT2D eigenvalue weighted by Crippen LogP contribution is -2.64. The van der Waals surface area contributed by atoms with Crippen molar-refractivity contribution >= 4 is 5.91 Å². The van der Waals surface area contributed by atoms with Crippen LogP contribution in [0.15, 0.2) is 42.5 Å². The van der Waals surface area contributed by atoms with E-state index in [-0.39, 0.29) is 34.5 Å². The van der Waals surface area contributed by atoms with Crippen LogP contribution in [0.3, 0.4) is 0 Å². The predicted molar refractivity (Wildman–Crippen MR) is 112 cm³/mol. The Bertz CT molecular complexity index is 1190. The van der Waals surface area contributed by atoms with Gasteiger partial charge in [0.05, 0.1) is 17.3 Å². The molecule has 5 nitrogen and oxygen atoms in total. The average Bonchev–Trinajstić information content (AvgIpc) is 3.04. The van der Waals surface area contributed by atoms with Crippen molar-refractivity contribution in [1.29, 1.82) is 0 Å². The van der Waals surface area contributed by atoms with Crippen molar-refractivity contribution < 1.29 is 18.7 Å². The van der Waals surface area contributed by atoms with Crippen molar-refractivity contribution in [3.8, 4) is 17.0 Å². The minimum atomic E-state index is -0.623. The summed E-state index contributed by atoms with van der Waals surface area (Å²) >= 11 is 0. The lowest BCUT2D eigenvalue weighted by atomic mass is 9.60. The Morgan fingerprint density at radius 3 is 2.58 bits per heavy atom. The Morgan fingerprint density at radius 1 is 1.10 bits per heavy atom. The summed E-state index contributed by atoms with van der Waals surface area (Å²) in [6.07, 6.45) is 1.78. The van der Waals surface area contributed by atoms with E-state index in [9.17, 15) is 18.7 Å². The molecule has 0 atom stereocenters. The van der Waals surface area contributed by atoms with E-state index in [1.165, 1.54) is 24.3 Å². The second-order valence-corrected chi connectivity index (χ2v) is 8.96. The molecule has 1 spiro atoms. The largest absolute Gasteiger partial charge is 0.508 e. The first-order valence-corrected chi connectivity index (χ1v) is 10.4. The molecule has 7 heteroatoms. The summed E-state index contributed by atoms with van der Waals surface area (Å²) in [5, 5.41) is 14.3. The van der Waals surface area contributed by atoms with Crippen LogP contribution in [0.1, 0.15) is 40.5 Å². The number of benzene rings is 2. The number of aryl methyl sites for hydroxylation is 2. The second kappa shape index (κ2) is 6.90. The van der Waals surface area contributed by atoms with E-state index in [1.807, 2.05) is 24.6 Å². The molecule has 1 N–H and O–H groups in total. The molecule has 160 valence electrons. The van der Waals surface area contributed by atoms with Crippen LogP contribution in [0.2, 0.25) is 0 Å². The molecule has 2 aliphatic rings. The van der Waals surface area contributed by atoms with Crippen LogP contribution in [-0.2, 0) is 0 Å². The highest BCUT2D eigenvalue weighted by Gasteiger charge is 2.54. The molecule has 1 amide bonds. The summed E-state index contributed by atoms with van der Waals surface area (Å²) in [7, 11) is 0. The van der Waals surface area contributed by atoms with Crippen molar-refractivity contribution in [1.82, 2.24) is 14.7 Å². The van der Waals surface area contributed by atoms with Crippen LogP contribution >= 0.6 is 0 Å². The van der Waals surface area contributed by atoms with Gasteiger partial charge in [-0.2, -0.15) is 5.10 Å². The van der Waals surface area contributed by atoms with Crippen molar-refractivity contribution in [3.63, 3.8) is 0 Å². The number of amides is 1. The van der Waals surface area contributed by atoms with Crippen LogP contribution in [0.4, 0.5) is 8.78 Å². The molecule has 0 unspecified atom stereocenters. The number of phenols is 1. The first-order chi connectivity index (χ1) is 14.7. The molecule has 2 aromatic carbocycles. The van der Waals surface area contributed by atoms with E-state index in [2.05, 4.69) is 0 Å². The standard InChI is InChI=1S/C24H23F2N3O2/c1-14-3-4-16(25)8-19(14)22-7-15(2)29(27-22)17-10-24(11-17)12-28(13-24)23(31)20-9-18(30)5-6-21(20)26/h3-9,17,30H,10-13H2,1-2H3. The zero-order chi connectivity index (χ0) is 21.9. The van der Waals surface area contributed by atoms with Gasteiger partial charge >= 0.3 is 0 Å².